The Bertz CT molecular complexity index is 1050. The van der Waals surface area contributed by atoms with E-state index in [1.54, 1.807) is 31.3 Å². The molecule has 3 heterocycles. The van der Waals surface area contributed by atoms with Gasteiger partial charge in [-0.3, -0.25) is 14.4 Å². The lowest BCUT2D eigenvalue weighted by molar-refractivity contribution is 0.0946. The molecular formula is C17H16N4O3. The topological polar surface area (TPSA) is 96.8 Å². The molecule has 0 atom stereocenters. The van der Waals surface area contributed by atoms with Crippen molar-refractivity contribution in [1.29, 1.82) is 0 Å². The zero-order valence-corrected chi connectivity index (χ0v) is 13.3. The van der Waals surface area contributed by atoms with E-state index in [-0.39, 0.29) is 28.9 Å². The van der Waals surface area contributed by atoms with Crippen molar-refractivity contribution in [3.8, 4) is 0 Å². The molecule has 3 rings (SSSR count). The van der Waals surface area contributed by atoms with Gasteiger partial charge in [0.05, 0.1) is 0 Å². The molecule has 0 bridgehead atoms. The Kier molecular flexibility index (Phi) is 3.99. The highest BCUT2D eigenvalue weighted by Gasteiger charge is 2.11. The smallest absolute Gasteiger partial charge is 0.274 e. The fourth-order valence-corrected chi connectivity index (χ4v) is 2.37. The van der Waals surface area contributed by atoms with E-state index < -0.39 is 5.91 Å². The van der Waals surface area contributed by atoms with Crippen LogP contribution in [0.15, 0.2) is 46.1 Å². The number of nitrogens with one attached hydrogen (secondary N) is 2. The molecule has 24 heavy (non-hydrogen) atoms. The maximum absolute atomic E-state index is 12.2. The quantitative estimate of drug-likeness (QED) is 0.747. The van der Waals surface area contributed by atoms with Gasteiger partial charge in [0, 0.05) is 36.4 Å². The molecule has 122 valence electrons. The van der Waals surface area contributed by atoms with Crippen LogP contribution >= 0.6 is 0 Å². The fraction of sp³-hybridized carbons (Fsp3) is 0.176. The van der Waals surface area contributed by atoms with Crippen LogP contribution in [-0.4, -0.2) is 20.4 Å². The van der Waals surface area contributed by atoms with Crippen LogP contribution in [0.25, 0.3) is 10.9 Å². The summed E-state index contributed by atoms with van der Waals surface area (Å²) >= 11 is 0. The average Bonchev–Trinajstić information content (AvgIpc) is 2.59. The van der Waals surface area contributed by atoms with Crippen LogP contribution in [0.4, 0.5) is 0 Å². The second-order valence-electron chi connectivity index (χ2n) is 5.49. The molecule has 0 unspecified atom stereocenters. The van der Waals surface area contributed by atoms with Gasteiger partial charge in [0.2, 0.25) is 0 Å². The Hall–Kier alpha value is -3.22. The lowest BCUT2D eigenvalue weighted by Crippen LogP contribution is -2.30. The van der Waals surface area contributed by atoms with Crippen LogP contribution in [0.2, 0.25) is 0 Å². The summed E-state index contributed by atoms with van der Waals surface area (Å²) in [5.74, 6) is -0.442. The number of aryl methyl sites for hydroxylation is 1. The lowest BCUT2D eigenvalue weighted by Gasteiger charge is -2.08. The summed E-state index contributed by atoms with van der Waals surface area (Å²) in [5.41, 5.74) is 1.15. The SMILES string of the molecule is Cc1ccc(CNC(=O)c2ccc3cc[nH]c(=O)c3n2)c(=O)n1C. The molecule has 0 aliphatic heterocycles. The zero-order valence-electron chi connectivity index (χ0n) is 13.3. The van der Waals surface area contributed by atoms with Crippen LogP contribution in [0.5, 0.6) is 0 Å². The van der Waals surface area contributed by atoms with Gasteiger partial charge in [-0.2, -0.15) is 0 Å². The standard InChI is InChI=1S/C17H16N4O3/c1-10-3-4-12(17(24)21(10)2)9-19-15(22)13-6-5-11-7-8-18-16(23)14(11)20-13/h3-8H,9H2,1-2H3,(H,18,23)(H,19,22). The number of hydrogen-bond acceptors (Lipinski definition) is 4. The highest BCUT2D eigenvalue weighted by atomic mass is 16.2. The summed E-state index contributed by atoms with van der Waals surface area (Å²) in [6, 6.07) is 8.43. The van der Waals surface area contributed by atoms with Crippen molar-refractivity contribution in [3.63, 3.8) is 0 Å². The van der Waals surface area contributed by atoms with E-state index in [1.165, 1.54) is 10.8 Å². The van der Waals surface area contributed by atoms with Gasteiger partial charge in [0.1, 0.15) is 11.2 Å². The molecule has 0 radical (unpaired) electrons. The Morgan fingerprint density at radius 2 is 2.00 bits per heavy atom. The zero-order chi connectivity index (χ0) is 17.3. The highest BCUT2D eigenvalue weighted by molar-refractivity contribution is 5.94. The number of carbonyl (C=O) groups excluding carboxylic acids is 1. The number of nitrogens with zero attached hydrogens (tertiary/aromatic N) is 2. The van der Waals surface area contributed by atoms with E-state index in [4.69, 9.17) is 0 Å². The number of hydrogen-bond donors (Lipinski definition) is 2. The number of rotatable bonds is 3. The van der Waals surface area contributed by atoms with Gasteiger partial charge in [-0.15, -0.1) is 0 Å². The molecule has 7 heteroatoms. The van der Waals surface area contributed by atoms with E-state index >= 15 is 0 Å². The Labute approximate surface area is 137 Å². The molecular weight excluding hydrogens is 308 g/mol. The van der Waals surface area contributed by atoms with Gasteiger partial charge >= 0.3 is 0 Å². The molecule has 0 spiro atoms. The minimum atomic E-state index is -0.442. The predicted molar refractivity (Wildman–Crippen MR) is 90.0 cm³/mol. The average molecular weight is 324 g/mol. The van der Waals surface area contributed by atoms with Crippen molar-refractivity contribution in [3.05, 3.63) is 74.2 Å². The molecule has 3 aromatic rings. The van der Waals surface area contributed by atoms with E-state index in [2.05, 4.69) is 15.3 Å². The Morgan fingerprint density at radius 3 is 2.79 bits per heavy atom. The van der Waals surface area contributed by atoms with Gasteiger partial charge in [-0.1, -0.05) is 12.1 Å². The highest BCUT2D eigenvalue weighted by Crippen LogP contribution is 2.07. The van der Waals surface area contributed by atoms with E-state index in [1.807, 2.05) is 13.0 Å². The van der Waals surface area contributed by atoms with Crippen molar-refractivity contribution in [2.24, 2.45) is 7.05 Å². The maximum atomic E-state index is 12.2. The van der Waals surface area contributed by atoms with Crippen LogP contribution in [0, 0.1) is 6.92 Å². The van der Waals surface area contributed by atoms with Crippen LogP contribution in [0.3, 0.4) is 0 Å². The molecule has 0 saturated carbocycles. The first-order valence-corrected chi connectivity index (χ1v) is 7.39. The molecule has 0 saturated heterocycles. The van der Waals surface area contributed by atoms with Crippen LogP contribution < -0.4 is 16.4 Å². The van der Waals surface area contributed by atoms with Crippen LogP contribution in [-0.2, 0) is 13.6 Å². The monoisotopic (exact) mass is 324 g/mol. The fourth-order valence-electron chi connectivity index (χ4n) is 2.37. The van der Waals surface area contributed by atoms with Gasteiger partial charge in [0.15, 0.2) is 0 Å². The van der Waals surface area contributed by atoms with Crippen molar-refractivity contribution < 1.29 is 4.79 Å². The normalized spacial score (nSPS) is 10.8. The summed E-state index contributed by atoms with van der Waals surface area (Å²) in [7, 11) is 1.68. The maximum Gasteiger partial charge on any atom is 0.274 e. The minimum absolute atomic E-state index is 0.0939. The first kappa shape index (κ1) is 15.7. The largest absolute Gasteiger partial charge is 0.346 e. The second-order valence-corrected chi connectivity index (χ2v) is 5.49. The van der Waals surface area contributed by atoms with Crippen molar-refractivity contribution >= 4 is 16.8 Å². The summed E-state index contributed by atoms with van der Waals surface area (Å²) < 4.78 is 1.52. The van der Waals surface area contributed by atoms with Crippen molar-refractivity contribution in [2.75, 3.05) is 0 Å². The van der Waals surface area contributed by atoms with Gasteiger partial charge in [-0.05, 0) is 25.1 Å². The van der Waals surface area contributed by atoms with E-state index in [0.29, 0.717) is 10.9 Å². The number of fused-ring (bicyclic) bond motifs is 1. The van der Waals surface area contributed by atoms with Crippen LogP contribution in [0.1, 0.15) is 21.7 Å². The third-order valence-electron chi connectivity index (χ3n) is 3.92. The summed E-state index contributed by atoms with van der Waals surface area (Å²) in [6.07, 6.45) is 1.53. The molecule has 0 fully saturated rings. The molecule has 3 aromatic heterocycles. The van der Waals surface area contributed by atoms with Gasteiger partial charge in [-0.25, -0.2) is 4.98 Å². The Balaban J connectivity index is 1.83. The third-order valence-corrected chi connectivity index (χ3v) is 3.92. The number of aromatic amines is 1. The molecule has 0 aliphatic carbocycles. The van der Waals surface area contributed by atoms with Gasteiger partial charge in [0.25, 0.3) is 17.0 Å². The summed E-state index contributed by atoms with van der Waals surface area (Å²) in [6.45, 7) is 1.93. The summed E-state index contributed by atoms with van der Waals surface area (Å²) in [5, 5.41) is 3.32. The minimum Gasteiger partial charge on any atom is -0.346 e. The summed E-state index contributed by atoms with van der Waals surface area (Å²) in [4.78, 5) is 42.7. The first-order valence-electron chi connectivity index (χ1n) is 7.39. The van der Waals surface area contributed by atoms with Gasteiger partial charge < -0.3 is 14.9 Å². The number of aromatic nitrogens is 3. The third kappa shape index (κ3) is 2.83. The molecule has 0 aromatic carbocycles. The Morgan fingerprint density at radius 1 is 1.21 bits per heavy atom. The lowest BCUT2D eigenvalue weighted by atomic mass is 10.2. The number of carbonyl (C=O) groups is 1. The molecule has 1 amide bonds. The van der Waals surface area contributed by atoms with Crippen molar-refractivity contribution in [2.45, 2.75) is 13.5 Å². The number of pyridine rings is 3. The second kappa shape index (κ2) is 6.11. The van der Waals surface area contributed by atoms with E-state index in [0.717, 1.165) is 5.69 Å². The molecule has 2 N–H and O–H groups in total. The van der Waals surface area contributed by atoms with Crippen molar-refractivity contribution in [1.82, 2.24) is 19.9 Å². The number of amides is 1. The predicted octanol–water partition coefficient (Wildman–Crippen LogP) is 0.860. The first-order chi connectivity index (χ1) is 11.5. The number of H-pyrrole nitrogens is 1. The van der Waals surface area contributed by atoms with E-state index in [9.17, 15) is 14.4 Å². The molecule has 7 nitrogen and oxygen atoms in total. The molecule has 0 aliphatic rings.